The van der Waals surface area contributed by atoms with Gasteiger partial charge >= 0.3 is 0 Å². The number of nitrogens with one attached hydrogen (secondary N) is 1. The van der Waals surface area contributed by atoms with Crippen LogP contribution in [0.25, 0.3) is 5.65 Å². The molecule has 0 aliphatic carbocycles. The molecule has 11 nitrogen and oxygen atoms in total. The number of hydrogen-bond donors (Lipinski definition) is 2. The first-order valence-corrected chi connectivity index (χ1v) is 11.8. The number of fused-ring (bicyclic) bond motifs is 1. The summed E-state index contributed by atoms with van der Waals surface area (Å²) < 4.78 is 29.5. The van der Waals surface area contributed by atoms with E-state index in [4.69, 9.17) is 5.73 Å². The molecule has 5 heterocycles. The van der Waals surface area contributed by atoms with E-state index in [9.17, 15) is 18.4 Å². The molecular weight excluding hydrogens is 472 g/mol. The molecule has 0 spiro atoms. The van der Waals surface area contributed by atoms with Gasteiger partial charge in [-0.05, 0) is 26.4 Å². The normalized spacial score (nSPS) is 19.0. The molecule has 0 aromatic carbocycles. The Morgan fingerprint density at radius 3 is 2.61 bits per heavy atom. The van der Waals surface area contributed by atoms with Gasteiger partial charge in [0.15, 0.2) is 23.1 Å². The number of carbonyl (C=O) groups is 2. The van der Waals surface area contributed by atoms with E-state index >= 15 is 0 Å². The minimum atomic E-state index is -0.676. The van der Waals surface area contributed by atoms with Crippen molar-refractivity contribution in [2.45, 2.75) is 25.3 Å². The van der Waals surface area contributed by atoms with E-state index < -0.39 is 17.5 Å². The number of anilines is 3. The molecule has 36 heavy (non-hydrogen) atoms. The molecular formula is C23H27F2N9O2. The molecule has 2 saturated heterocycles. The lowest BCUT2D eigenvalue weighted by molar-refractivity contribution is -0.137. The number of piperidine rings is 1. The standard InChI is InChI=1S/C23H27F2N9O2/c1-31-5-3-2-4-17(31)23(36)33-8-6-32(7-9-33)19-15(25)11-27-12-16(19)29-22(35)18-20(26)30-34-13-14(24)10-28-21(18)34/h10-13,17H,2-9H2,1H3,(H2,26,30)(H,29,35). The summed E-state index contributed by atoms with van der Waals surface area (Å²) in [6.45, 7) is 2.57. The molecule has 1 unspecified atom stereocenters. The van der Waals surface area contributed by atoms with Crippen molar-refractivity contribution >= 4 is 34.7 Å². The Bertz CT molecular complexity index is 1310. The SMILES string of the molecule is CN1CCCCC1C(=O)N1CCN(c2c(F)cncc2NC(=O)c2c(N)nn3cc(F)cnc23)CC1. The highest BCUT2D eigenvalue weighted by Crippen LogP contribution is 2.31. The van der Waals surface area contributed by atoms with Crippen LogP contribution in [0, 0.1) is 11.6 Å². The predicted molar refractivity (Wildman–Crippen MR) is 129 cm³/mol. The Labute approximate surface area is 205 Å². The molecule has 2 fully saturated rings. The van der Waals surface area contributed by atoms with E-state index in [1.54, 1.807) is 4.90 Å². The summed E-state index contributed by atoms with van der Waals surface area (Å²) in [5, 5.41) is 6.58. The van der Waals surface area contributed by atoms with Crippen molar-refractivity contribution < 1.29 is 18.4 Å². The molecule has 2 aliphatic heterocycles. The fourth-order valence-electron chi connectivity index (χ4n) is 4.92. The monoisotopic (exact) mass is 499 g/mol. The number of halogens is 2. The van der Waals surface area contributed by atoms with Crippen LogP contribution in [-0.2, 0) is 4.79 Å². The Morgan fingerprint density at radius 1 is 1.08 bits per heavy atom. The van der Waals surface area contributed by atoms with E-state index in [-0.39, 0.29) is 40.4 Å². The molecule has 0 saturated carbocycles. The van der Waals surface area contributed by atoms with Crippen LogP contribution in [0.15, 0.2) is 24.8 Å². The fourth-order valence-corrected chi connectivity index (χ4v) is 4.92. The van der Waals surface area contributed by atoms with E-state index in [0.717, 1.165) is 48.9 Å². The Balaban J connectivity index is 1.33. The smallest absolute Gasteiger partial charge is 0.263 e. The Morgan fingerprint density at radius 2 is 1.86 bits per heavy atom. The van der Waals surface area contributed by atoms with Crippen LogP contribution in [0.1, 0.15) is 29.6 Å². The third-order valence-corrected chi connectivity index (χ3v) is 6.78. The van der Waals surface area contributed by atoms with Gasteiger partial charge in [-0.2, -0.15) is 0 Å². The van der Waals surface area contributed by atoms with Gasteiger partial charge in [0, 0.05) is 26.2 Å². The first kappa shape index (κ1) is 23.9. The summed E-state index contributed by atoms with van der Waals surface area (Å²) in [7, 11) is 1.97. The summed E-state index contributed by atoms with van der Waals surface area (Å²) in [6.07, 6.45) is 7.41. The van der Waals surface area contributed by atoms with Gasteiger partial charge in [0.05, 0.1) is 36.5 Å². The van der Waals surface area contributed by atoms with Crippen LogP contribution >= 0.6 is 0 Å². The topological polar surface area (TPSA) is 125 Å². The minimum absolute atomic E-state index is 0.0581. The maximum absolute atomic E-state index is 15.0. The number of carbonyl (C=O) groups excluding carboxylic acids is 2. The highest BCUT2D eigenvalue weighted by molar-refractivity contribution is 6.12. The largest absolute Gasteiger partial charge is 0.381 e. The van der Waals surface area contributed by atoms with Gasteiger partial charge in [0.2, 0.25) is 5.91 Å². The van der Waals surface area contributed by atoms with Crippen LogP contribution in [0.3, 0.4) is 0 Å². The number of nitrogen functional groups attached to an aromatic ring is 1. The lowest BCUT2D eigenvalue weighted by atomic mass is 10.0. The summed E-state index contributed by atoms with van der Waals surface area (Å²) in [4.78, 5) is 39.6. The third kappa shape index (κ3) is 4.41. The van der Waals surface area contributed by atoms with E-state index in [1.165, 1.54) is 6.20 Å². The zero-order chi connectivity index (χ0) is 25.4. The number of likely N-dealkylation sites (N-methyl/N-ethyl adjacent to an activating group) is 1. The van der Waals surface area contributed by atoms with Gasteiger partial charge in [0.1, 0.15) is 11.3 Å². The fraction of sp³-hybridized carbons (Fsp3) is 0.435. The molecule has 1 atom stereocenters. The molecule has 5 rings (SSSR count). The van der Waals surface area contributed by atoms with Gasteiger partial charge in [-0.15, -0.1) is 5.10 Å². The second-order valence-electron chi connectivity index (χ2n) is 9.08. The van der Waals surface area contributed by atoms with Crippen LogP contribution < -0.4 is 16.0 Å². The van der Waals surface area contributed by atoms with Crippen LogP contribution in [-0.4, -0.2) is 87.0 Å². The molecule has 2 amide bonds. The molecule has 3 aromatic heterocycles. The van der Waals surface area contributed by atoms with Crippen LogP contribution in [0.2, 0.25) is 0 Å². The quantitative estimate of drug-likeness (QED) is 0.552. The van der Waals surface area contributed by atoms with Crippen molar-refractivity contribution in [2.75, 3.05) is 55.7 Å². The van der Waals surface area contributed by atoms with Crippen molar-refractivity contribution in [1.82, 2.24) is 29.4 Å². The Hall–Kier alpha value is -3.87. The average Bonchev–Trinajstić information content (AvgIpc) is 3.19. The number of pyridine rings is 1. The van der Waals surface area contributed by atoms with Crippen molar-refractivity contribution in [2.24, 2.45) is 0 Å². The summed E-state index contributed by atoms with van der Waals surface area (Å²) in [5.74, 6) is -1.96. The van der Waals surface area contributed by atoms with E-state index in [2.05, 4.69) is 25.3 Å². The number of piperazine rings is 1. The van der Waals surface area contributed by atoms with Crippen molar-refractivity contribution in [3.05, 3.63) is 42.0 Å². The first-order chi connectivity index (χ1) is 17.3. The predicted octanol–water partition coefficient (Wildman–Crippen LogP) is 1.37. The molecule has 3 aromatic rings. The number of nitrogens with two attached hydrogens (primary N) is 1. The molecule has 3 N–H and O–H groups in total. The van der Waals surface area contributed by atoms with Gasteiger partial charge < -0.3 is 20.9 Å². The number of aromatic nitrogens is 4. The highest BCUT2D eigenvalue weighted by Gasteiger charge is 2.32. The molecule has 0 radical (unpaired) electrons. The highest BCUT2D eigenvalue weighted by atomic mass is 19.1. The number of likely N-dealkylation sites (tertiary alicyclic amines) is 1. The minimum Gasteiger partial charge on any atom is -0.381 e. The maximum atomic E-state index is 15.0. The van der Waals surface area contributed by atoms with Crippen LogP contribution in [0.4, 0.5) is 26.0 Å². The first-order valence-electron chi connectivity index (χ1n) is 11.8. The maximum Gasteiger partial charge on any atom is 0.263 e. The second-order valence-corrected chi connectivity index (χ2v) is 9.08. The zero-order valence-corrected chi connectivity index (χ0v) is 19.8. The lowest BCUT2D eigenvalue weighted by Gasteiger charge is -2.40. The lowest BCUT2D eigenvalue weighted by Crippen LogP contribution is -2.55. The number of nitrogens with zero attached hydrogens (tertiary/aromatic N) is 7. The number of rotatable bonds is 4. The average molecular weight is 500 g/mol. The van der Waals surface area contributed by atoms with Gasteiger partial charge in [-0.25, -0.2) is 18.3 Å². The molecule has 190 valence electrons. The molecule has 2 aliphatic rings. The molecule has 13 heteroatoms. The summed E-state index contributed by atoms with van der Waals surface area (Å²) in [5.41, 5.74) is 6.22. The van der Waals surface area contributed by atoms with E-state index in [0.29, 0.717) is 26.2 Å². The van der Waals surface area contributed by atoms with Crippen LogP contribution in [0.5, 0.6) is 0 Å². The van der Waals surface area contributed by atoms with E-state index in [1.807, 2.05) is 11.9 Å². The molecule has 0 bridgehead atoms. The second kappa shape index (κ2) is 9.64. The van der Waals surface area contributed by atoms with Crippen molar-refractivity contribution in [3.63, 3.8) is 0 Å². The summed E-state index contributed by atoms with van der Waals surface area (Å²) in [6, 6.07) is -0.115. The third-order valence-electron chi connectivity index (χ3n) is 6.78. The van der Waals surface area contributed by atoms with Gasteiger partial charge in [0.25, 0.3) is 5.91 Å². The van der Waals surface area contributed by atoms with Crippen molar-refractivity contribution in [3.8, 4) is 0 Å². The number of hydrogen-bond acceptors (Lipinski definition) is 8. The summed E-state index contributed by atoms with van der Waals surface area (Å²) >= 11 is 0. The Kier molecular flexibility index (Phi) is 6.39. The van der Waals surface area contributed by atoms with Crippen molar-refractivity contribution in [1.29, 1.82) is 0 Å². The van der Waals surface area contributed by atoms with Gasteiger partial charge in [-0.1, -0.05) is 6.42 Å². The number of amides is 2. The zero-order valence-electron chi connectivity index (χ0n) is 19.8. The van der Waals surface area contributed by atoms with Gasteiger partial charge in [-0.3, -0.25) is 19.5 Å².